The summed E-state index contributed by atoms with van der Waals surface area (Å²) in [4.78, 5) is 23.0. The molecule has 0 aliphatic carbocycles. The van der Waals surface area contributed by atoms with Crippen LogP contribution in [0.25, 0.3) is 0 Å². The topological polar surface area (TPSA) is 74.6 Å². The summed E-state index contributed by atoms with van der Waals surface area (Å²) in [7, 11) is 0. The first-order chi connectivity index (χ1) is 10.0. The van der Waals surface area contributed by atoms with Crippen LogP contribution in [0, 0.1) is 5.41 Å². The molecule has 0 bridgehead atoms. The molecule has 0 saturated heterocycles. The van der Waals surface area contributed by atoms with E-state index in [9.17, 15) is 19.8 Å². The quantitative estimate of drug-likeness (QED) is 0.282. The van der Waals surface area contributed by atoms with Gasteiger partial charge in [0.1, 0.15) is 0 Å². The van der Waals surface area contributed by atoms with Crippen LogP contribution in [0.3, 0.4) is 0 Å². The molecule has 0 heterocycles. The van der Waals surface area contributed by atoms with Gasteiger partial charge in [0.15, 0.2) is 5.41 Å². The number of aliphatic carboxylic acids is 2. The molecule has 2 N–H and O–H groups in total. The zero-order valence-electron chi connectivity index (χ0n) is 13.7. The average molecular weight is 341 g/mol. The van der Waals surface area contributed by atoms with Gasteiger partial charge in [0.2, 0.25) is 0 Å². The van der Waals surface area contributed by atoms with Crippen molar-refractivity contribution >= 4 is 63.3 Å². The first-order valence-corrected chi connectivity index (χ1v) is 8.48. The van der Waals surface area contributed by atoms with Crippen molar-refractivity contribution < 1.29 is 19.8 Å². The molecular weight excluding hydrogens is 307 g/mol. The Morgan fingerprint density at radius 1 is 0.682 bits per heavy atom. The van der Waals surface area contributed by atoms with Gasteiger partial charge in [0.05, 0.1) is 0 Å². The summed E-state index contributed by atoms with van der Waals surface area (Å²) in [6.07, 6.45) is 10.4. The van der Waals surface area contributed by atoms with Crippen molar-refractivity contribution in [2.45, 2.75) is 90.9 Å². The van der Waals surface area contributed by atoms with Crippen LogP contribution in [0.15, 0.2) is 0 Å². The van der Waals surface area contributed by atoms with Gasteiger partial charge in [0, 0.05) is 0 Å². The molecule has 0 aromatic carbocycles. The van der Waals surface area contributed by atoms with Crippen molar-refractivity contribution in [3.05, 3.63) is 0 Å². The van der Waals surface area contributed by atoms with E-state index in [0.717, 1.165) is 51.4 Å². The van der Waals surface area contributed by atoms with Gasteiger partial charge in [-0.15, -0.1) is 0 Å². The zero-order chi connectivity index (χ0) is 16.1. The van der Waals surface area contributed by atoms with E-state index in [1.807, 2.05) is 0 Å². The van der Waals surface area contributed by atoms with Crippen molar-refractivity contribution in [3.8, 4) is 0 Å². The average Bonchev–Trinajstić information content (AvgIpc) is 2.44. The van der Waals surface area contributed by atoms with Crippen LogP contribution < -0.4 is 0 Å². The Morgan fingerprint density at radius 3 is 1.27 bits per heavy atom. The predicted molar refractivity (Wildman–Crippen MR) is 91.6 cm³/mol. The Kier molecular flexibility index (Phi) is 17.1. The van der Waals surface area contributed by atoms with Crippen LogP contribution in [0.1, 0.15) is 90.9 Å². The van der Waals surface area contributed by atoms with Crippen molar-refractivity contribution in [2.75, 3.05) is 0 Å². The van der Waals surface area contributed by atoms with Gasteiger partial charge < -0.3 is 10.2 Å². The Morgan fingerprint density at radius 2 is 1.00 bits per heavy atom. The molecular formula is C17H33KO4. The third-order valence-electron chi connectivity index (χ3n) is 4.23. The molecule has 0 aliphatic rings. The molecule has 0 unspecified atom stereocenters. The first kappa shape index (κ1) is 24.8. The van der Waals surface area contributed by atoms with Gasteiger partial charge in [0.25, 0.3) is 0 Å². The van der Waals surface area contributed by atoms with Crippen molar-refractivity contribution in [2.24, 2.45) is 5.41 Å². The van der Waals surface area contributed by atoms with Crippen LogP contribution in [0.4, 0.5) is 0 Å². The minimum absolute atomic E-state index is 0. The van der Waals surface area contributed by atoms with Gasteiger partial charge in [-0.1, -0.05) is 78.1 Å². The van der Waals surface area contributed by atoms with Gasteiger partial charge >= 0.3 is 63.3 Å². The fourth-order valence-electron chi connectivity index (χ4n) is 2.70. The van der Waals surface area contributed by atoms with Gasteiger partial charge in [-0.3, -0.25) is 9.59 Å². The summed E-state index contributed by atoms with van der Waals surface area (Å²) in [6.45, 7) is 4.24. The van der Waals surface area contributed by atoms with Crippen LogP contribution in [0.2, 0.25) is 0 Å². The third-order valence-corrected chi connectivity index (χ3v) is 4.23. The molecule has 0 saturated carbocycles. The molecule has 0 amide bonds. The van der Waals surface area contributed by atoms with E-state index in [-0.39, 0.29) is 64.2 Å². The second kappa shape index (κ2) is 15.1. The Bertz CT molecular complexity index is 275. The van der Waals surface area contributed by atoms with E-state index in [0.29, 0.717) is 12.8 Å². The number of carboxylic acids is 2. The van der Waals surface area contributed by atoms with E-state index in [1.165, 1.54) is 0 Å². The molecule has 0 aromatic heterocycles. The fourth-order valence-corrected chi connectivity index (χ4v) is 2.70. The van der Waals surface area contributed by atoms with E-state index in [2.05, 4.69) is 13.8 Å². The van der Waals surface area contributed by atoms with Crippen LogP contribution in [-0.4, -0.2) is 73.5 Å². The zero-order valence-corrected chi connectivity index (χ0v) is 13.7. The first-order valence-electron chi connectivity index (χ1n) is 8.48. The summed E-state index contributed by atoms with van der Waals surface area (Å²) < 4.78 is 0. The number of unbranched alkanes of at least 4 members (excludes halogenated alkanes) is 8. The fraction of sp³-hybridized carbons (Fsp3) is 0.882. The molecule has 0 rings (SSSR count). The summed E-state index contributed by atoms with van der Waals surface area (Å²) in [5, 5.41) is 18.8. The number of carboxylic acid groups (broad SMARTS) is 2. The Balaban J connectivity index is 0. The van der Waals surface area contributed by atoms with Gasteiger partial charge in [-0.2, -0.15) is 0 Å². The predicted octanol–water partition coefficient (Wildman–Crippen LogP) is 4.21. The van der Waals surface area contributed by atoms with Crippen molar-refractivity contribution in [1.29, 1.82) is 0 Å². The monoisotopic (exact) mass is 340 g/mol. The summed E-state index contributed by atoms with van der Waals surface area (Å²) in [5.41, 5.74) is -1.57. The van der Waals surface area contributed by atoms with Crippen molar-refractivity contribution in [3.63, 3.8) is 0 Å². The molecule has 5 heteroatoms. The summed E-state index contributed by atoms with van der Waals surface area (Å²) in [5.74, 6) is -2.33. The Labute approximate surface area is 177 Å². The van der Waals surface area contributed by atoms with E-state index >= 15 is 0 Å². The summed E-state index contributed by atoms with van der Waals surface area (Å²) >= 11 is 0. The van der Waals surface area contributed by atoms with Gasteiger partial charge in [-0.05, 0) is 12.8 Å². The number of hydrogen-bond donors (Lipinski definition) is 2. The van der Waals surface area contributed by atoms with Crippen LogP contribution >= 0.6 is 0 Å². The van der Waals surface area contributed by atoms with Gasteiger partial charge in [-0.25, -0.2) is 0 Å². The normalized spacial score (nSPS) is 11.0. The van der Waals surface area contributed by atoms with E-state index in [1.54, 1.807) is 0 Å². The van der Waals surface area contributed by atoms with E-state index < -0.39 is 17.4 Å². The SMILES string of the molecule is CCCCCCCC(CCCCCCC)(C(=O)O)C(=O)O.[KH]. The van der Waals surface area contributed by atoms with E-state index in [4.69, 9.17) is 0 Å². The minimum atomic E-state index is -1.57. The molecule has 126 valence electrons. The standard InChI is InChI=1S/C17H32O4.K.H/c1-3-5-7-9-11-13-17(15(18)19,16(20)21)14-12-10-8-6-4-2;;/h3-14H2,1-2H3,(H,18,19)(H,20,21);;. The maximum absolute atomic E-state index is 11.5. The number of rotatable bonds is 14. The third kappa shape index (κ3) is 9.66. The molecule has 4 nitrogen and oxygen atoms in total. The summed E-state index contributed by atoms with van der Waals surface area (Å²) in [6, 6.07) is 0. The molecule has 0 fully saturated rings. The number of carbonyl (C=O) groups is 2. The molecule has 22 heavy (non-hydrogen) atoms. The Hall–Kier alpha value is 0.576. The molecule has 0 aliphatic heterocycles. The second-order valence-corrected chi connectivity index (χ2v) is 6.02. The molecule has 0 atom stereocenters. The van der Waals surface area contributed by atoms with Crippen molar-refractivity contribution in [1.82, 2.24) is 0 Å². The second-order valence-electron chi connectivity index (χ2n) is 6.02. The molecule has 0 radical (unpaired) electrons. The van der Waals surface area contributed by atoms with Crippen LogP contribution in [0.5, 0.6) is 0 Å². The molecule has 0 spiro atoms. The van der Waals surface area contributed by atoms with Crippen LogP contribution in [-0.2, 0) is 9.59 Å². The molecule has 0 aromatic rings. The maximum atomic E-state index is 11.5. The number of hydrogen-bond acceptors (Lipinski definition) is 2.